The Hall–Kier alpha value is -2.25. The smallest absolute Gasteiger partial charge is 0.188 e. The molecule has 0 amide bonds. The van der Waals surface area contributed by atoms with Crippen molar-refractivity contribution >= 4 is 11.6 Å². The third-order valence-electron chi connectivity index (χ3n) is 6.05. The van der Waals surface area contributed by atoms with E-state index in [0.717, 1.165) is 49.3 Å². The first-order chi connectivity index (χ1) is 13.5. The van der Waals surface area contributed by atoms with Crippen LogP contribution in [-0.4, -0.2) is 19.9 Å². The van der Waals surface area contributed by atoms with E-state index in [1.807, 2.05) is 4.57 Å². The Morgan fingerprint density at radius 1 is 1.29 bits per heavy atom. The van der Waals surface area contributed by atoms with Gasteiger partial charge in [0.2, 0.25) is 0 Å². The van der Waals surface area contributed by atoms with Gasteiger partial charge in [-0.25, -0.2) is 4.39 Å². The van der Waals surface area contributed by atoms with Gasteiger partial charge in [-0.1, -0.05) is 17.3 Å². The van der Waals surface area contributed by atoms with Crippen molar-refractivity contribution in [3.63, 3.8) is 0 Å². The molecule has 0 atom stereocenters. The first-order valence-corrected chi connectivity index (χ1v) is 9.97. The molecule has 0 spiro atoms. The molecule has 1 N–H and O–H groups in total. The number of aromatic nitrogens is 4. The standard InChI is InChI=1S/C20H21ClFN5O/c1-12-18(22)19(26-28-12)13-4-6-20(21,7-5-13)15-2-3-16-14(8-15)9-23-10-17-25-24-11-27(16)17/h2-3,8,11,13,23H,4-7,9-10H2,1H3. The second kappa shape index (κ2) is 6.67. The molecule has 3 heterocycles. The number of halogens is 2. The lowest BCUT2D eigenvalue weighted by Gasteiger charge is -2.35. The molecule has 1 fully saturated rings. The molecule has 0 saturated heterocycles. The lowest BCUT2D eigenvalue weighted by molar-refractivity contribution is 0.333. The van der Waals surface area contributed by atoms with Gasteiger partial charge in [-0.2, -0.15) is 0 Å². The number of alkyl halides is 1. The molecule has 5 rings (SSSR count). The van der Waals surface area contributed by atoms with E-state index in [1.165, 1.54) is 5.56 Å². The van der Waals surface area contributed by atoms with Gasteiger partial charge in [-0.3, -0.25) is 4.57 Å². The van der Waals surface area contributed by atoms with E-state index in [1.54, 1.807) is 13.3 Å². The molecule has 6 nitrogen and oxygen atoms in total. The Morgan fingerprint density at radius 3 is 2.86 bits per heavy atom. The number of nitrogens with zero attached hydrogens (tertiary/aromatic N) is 4. The summed E-state index contributed by atoms with van der Waals surface area (Å²) >= 11 is 7.07. The summed E-state index contributed by atoms with van der Waals surface area (Å²) in [6.07, 6.45) is 4.87. The molecule has 0 unspecified atom stereocenters. The van der Waals surface area contributed by atoms with E-state index in [2.05, 4.69) is 38.9 Å². The summed E-state index contributed by atoms with van der Waals surface area (Å²) in [5, 5.41) is 15.5. The predicted molar refractivity (Wildman–Crippen MR) is 102 cm³/mol. The highest BCUT2D eigenvalue weighted by Gasteiger charge is 2.38. The largest absolute Gasteiger partial charge is 0.358 e. The van der Waals surface area contributed by atoms with Crippen LogP contribution in [0.2, 0.25) is 0 Å². The number of fused-ring (bicyclic) bond motifs is 3. The quantitative estimate of drug-likeness (QED) is 0.655. The van der Waals surface area contributed by atoms with E-state index in [-0.39, 0.29) is 17.5 Å². The molecule has 28 heavy (non-hydrogen) atoms. The fourth-order valence-corrected chi connectivity index (χ4v) is 4.74. The number of nitrogens with one attached hydrogen (secondary N) is 1. The third-order valence-corrected chi connectivity index (χ3v) is 6.65. The minimum absolute atomic E-state index is 0.0615. The molecule has 8 heteroatoms. The van der Waals surface area contributed by atoms with Crippen molar-refractivity contribution in [2.75, 3.05) is 0 Å². The number of hydrogen-bond acceptors (Lipinski definition) is 5. The molecule has 2 aliphatic rings. The summed E-state index contributed by atoms with van der Waals surface area (Å²) in [7, 11) is 0. The molecule has 1 aliphatic heterocycles. The van der Waals surface area contributed by atoms with Gasteiger partial charge in [0.15, 0.2) is 17.4 Å². The van der Waals surface area contributed by atoms with Crippen molar-refractivity contribution in [1.29, 1.82) is 0 Å². The van der Waals surface area contributed by atoms with Gasteiger partial charge in [0, 0.05) is 12.5 Å². The highest BCUT2D eigenvalue weighted by atomic mass is 35.5. The summed E-state index contributed by atoms with van der Waals surface area (Å²) in [5.74, 6) is 0.904. The Morgan fingerprint density at radius 2 is 2.11 bits per heavy atom. The molecule has 1 aromatic carbocycles. The number of aryl methyl sites for hydroxylation is 1. The summed E-state index contributed by atoms with van der Waals surface area (Å²) < 4.78 is 21.2. The van der Waals surface area contributed by atoms with Crippen LogP contribution >= 0.6 is 11.6 Å². The SMILES string of the molecule is Cc1onc(C2CCC(Cl)(c3ccc4c(c3)CNCc3nncn3-4)CC2)c1F. The molecule has 0 radical (unpaired) electrons. The molecular weight excluding hydrogens is 381 g/mol. The van der Waals surface area contributed by atoms with E-state index < -0.39 is 4.87 Å². The average molecular weight is 402 g/mol. The lowest BCUT2D eigenvalue weighted by atomic mass is 9.76. The first-order valence-electron chi connectivity index (χ1n) is 9.59. The van der Waals surface area contributed by atoms with Crippen molar-refractivity contribution in [2.24, 2.45) is 0 Å². The van der Waals surface area contributed by atoms with Gasteiger partial charge in [0.1, 0.15) is 12.0 Å². The average Bonchev–Trinajstić information content (AvgIpc) is 3.25. The van der Waals surface area contributed by atoms with Crippen molar-refractivity contribution in [2.45, 2.75) is 56.5 Å². The predicted octanol–water partition coefficient (Wildman–Crippen LogP) is 4.10. The van der Waals surface area contributed by atoms with Crippen molar-refractivity contribution in [1.82, 2.24) is 25.2 Å². The van der Waals surface area contributed by atoms with Crippen molar-refractivity contribution in [3.8, 4) is 5.69 Å². The fourth-order valence-electron chi connectivity index (χ4n) is 4.40. The van der Waals surface area contributed by atoms with Gasteiger partial charge in [-0.15, -0.1) is 21.8 Å². The van der Waals surface area contributed by atoms with Crippen LogP contribution < -0.4 is 5.32 Å². The van der Waals surface area contributed by atoms with Gasteiger partial charge in [0.05, 0.1) is 17.1 Å². The van der Waals surface area contributed by atoms with Crippen LogP contribution in [0.3, 0.4) is 0 Å². The zero-order valence-electron chi connectivity index (χ0n) is 15.6. The number of rotatable bonds is 2. The first kappa shape index (κ1) is 17.8. The topological polar surface area (TPSA) is 68.8 Å². The Balaban J connectivity index is 1.40. The minimum atomic E-state index is -0.441. The summed E-state index contributed by atoms with van der Waals surface area (Å²) in [6, 6.07) is 6.38. The van der Waals surface area contributed by atoms with Gasteiger partial charge >= 0.3 is 0 Å². The second-order valence-electron chi connectivity index (χ2n) is 7.74. The van der Waals surface area contributed by atoms with Crippen molar-refractivity contribution in [3.05, 3.63) is 58.7 Å². The molecule has 1 saturated carbocycles. The third kappa shape index (κ3) is 2.84. The Labute approximate surface area is 167 Å². The highest BCUT2D eigenvalue weighted by molar-refractivity contribution is 6.24. The van der Waals surface area contributed by atoms with Crippen LogP contribution in [0.1, 0.15) is 60.0 Å². The molecule has 146 valence electrons. The maximum atomic E-state index is 14.2. The van der Waals surface area contributed by atoms with Crippen molar-refractivity contribution < 1.29 is 8.91 Å². The molecular formula is C20H21ClFN5O. The van der Waals surface area contributed by atoms with Gasteiger partial charge < -0.3 is 9.84 Å². The summed E-state index contributed by atoms with van der Waals surface area (Å²) in [5.41, 5.74) is 3.82. The molecule has 1 aliphatic carbocycles. The Kier molecular flexibility index (Phi) is 4.25. The minimum Gasteiger partial charge on any atom is -0.358 e. The maximum absolute atomic E-state index is 14.2. The summed E-state index contributed by atoms with van der Waals surface area (Å²) in [4.78, 5) is -0.441. The molecule has 0 bridgehead atoms. The van der Waals surface area contributed by atoms with E-state index in [9.17, 15) is 4.39 Å². The van der Waals surface area contributed by atoms with Crippen LogP contribution in [0.15, 0.2) is 29.0 Å². The fraction of sp³-hybridized carbons (Fsp3) is 0.450. The highest BCUT2D eigenvalue weighted by Crippen LogP contribution is 2.48. The maximum Gasteiger partial charge on any atom is 0.188 e. The zero-order valence-corrected chi connectivity index (χ0v) is 16.3. The zero-order chi connectivity index (χ0) is 19.3. The van der Waals surface area contributed by atoms with Crippen LogP contribution in [0, 0.1) is 12.7 Å². The van der Waals surface area contributed by atoms with Crippen LogP contribution in [0.5, 0.6) is 0 Å². The van der Waals surface area contributed by atoms with E-state index in [0.29, 0.717) is 12.2 Å². The normalized spacial score (nSPS) is 24.5. The van der Waals surface area contributed by atoms with Crippen LogP contribution in [0.25, 0.3) is 5.69 Å². The van der Waals surface area contributed by atoms with Crippen LogP contribution in [-0.2, 0) is 18.0 Å². The molecule has 3 aromatic rings. The number of hydrogen-bond donors (Lipinski definition) is 1. The van der Waals surface area contributed by atoms with E-state index >= 15 is 0 Å². The van der Waals surface area contributed by atoms with Crippen LogP contribution in [0.4, 0.5) is 4.39 Å². The van der Waals surface area contributed by atoms with E-state index in [4.69, 9.17) is 16.1 Å². The second-order valence-corrected chi connectivity index (χ2v) is 8.47. The lowest BCUT2D eigenvalue weighted by Crippen LogP contribution is -2.26. The van der Waals surface area contributed by atoms with Gasteiger partial charge in [0.25, 0.3) is 0 Å². The Bertz CT molecular complexity index is 1020. The monoisotopic (exact) mass is 401 g/mol. The number of benzene rings is 1. The summed E-state index contributed by atoms with van der Waals surface area (Å²) in [6.45, 7) is 3.04. The van der Waals surface area contributed by atoms with Gasteiger partial charge in [-0.05, 0) is 49.8 Å². The molecule has 2 aromatic heterocycles.